The summed E-state index contributed by atoms with van der Waals surface area (Å²) < 4.78 is 0. The van der Waals surface area contributed by atoms with Crippen molar-refractivity contribution in [1.82, 2.24) is 10.2 Å². The van der Waals surface area contributed by atoms with E-state index in [1.165, 1.54) is 63.0 Å². The molecule has 1 aromatic carbocycles. The molecule has 21 heavy (non-hydrogen) atoms. The molecule has 2 atom stereocenters. The fourth-order valence-corrected chi connectivity index (χ4v) is 3.82. The van der Waals surface area contributed by atoms with Crippen molar-refractivity contribution in [3.8, 4) is 0 Å². The van der Waals surface area contributed by atoms with E-state index in [-0.39, 0.29) is 12.4 Å². The third-order valence-electron chi connectivity index (χ3n) is 5.13. The number of benzene rings is 1. The Bertz CT molecular complexity index is 437. The monoisotopic (exact) mass is 308 g/mol. The summed E-state index contributed by atoms with van der Waals surface area (Å²) in [7, 11) is 0. The lowest BCUT2D eigenvalue weighted by molar-refractivity contribution is 0.164. The van der Waals surface area contributed by atoms with Crippen molar-refractivity contribution in [2.45, 2.75) is 45.6 Å². The van der Waals surface area contributed by atoms with Crippen LogP contribution in [0.25, 0.3) is 0 Å². The molecule has 1 N–H and O–H groups in total. The number of hydrogen-bond acceptors (Lipinski definition) is 2. The maximum atomic E-state index is 3.53. The molecule has 2 heterocycles. The van der Waals surface area contributed by atoms with Crippen LogP contribution in [0.1, 0.15) is 37.3 Å². The fraction of sp³-hybridized carbons (Fsp3) is 0.667. The Balaban J connectivity index is 0.00000161. The van der Waals surface area contributed by atoms with E-state index in [4.69, 9.17) is 0 Å². The van der Waals surface area contributed by atoms with Crippen LogP contribution in [-0.2, 0) is 6.42 Å². The molecule has 2 saturated heterocycles. The molecule has 3 rings (SSSR count). The van der Waals surface area contributed by atoms with Crippen LogP contribution in [0.15, 0.2) is 24.3 Å². The fourth-order valence-electron chi connectivity index (χ4n) is 3.82. The molecule has 2 aliphatic heterocycles. The molecule has 0 saturated carbocycles. The summed E-state index contributed by atoms with van der Waals surface area (Å²) >= 11 is 0. The Morgan fingerprint density at radius 3 is 2.71 bits per heavy atom. The highest BCUT2D eigenvalue weighted by atomic mass is 35.5. The molecule has 0 radical (unpaired) electrons. The van der Waals surface area contributed by atoms with Crippen molar-refractivity contribution in [3.05, 3.63) is 35.4 Å². The Morgan fingerprint density at radius 1 is 1.29 bits per heavy atom. The van der Waals surface area contributed by atoms with Crippen LogP contribution in [0.2, 0.25) is 0 Å². The van der Waals surface area contributed by atoms with Gasteiger partial charge in [0.25, 0.3) is 0 Å². The zero-order chi connectivity index (χ0) is 14.0. The van der Waals surface area contributed by atoms with E-state index < -0.39 is 0 Å². The van der Waals surface area contributed by atoms with Gasteiger partial charge in [0.15, 0.2) is 0 Å². The first-order valence-corrected chi connectivity index (χ1v) is 8.15. The molecule has 0 amide bonds. The summed E-state index contributed by atoms with van der Waals surface area (Å²) in [6, 6.07) is 9.87. The van der Waals surface area contributed by atoms with Crippen LogP contribution in [0.4, 0.5) is 0 Å². The summed E-state index contributed by atoms with van der Waals surface area (Å²) in [6.45, 7) is 9.59. The Hall–Kier alpha value is -0.570. The van der Waals surface area contributed by atoms with Gasteiger partial charge >= 0.3 is 0 Å². The smallest absolute Gasteiger partial charge is 0.0136 e. The van der Waals surface area contributed by atoms with Gasteiger partial charge in [0.2, 0.25) is 0 Å². The van der Waals surface area contributed by atoms with Gasteiger partial charge in [-0.1, -0.05) is 36.8 Å². The van der Waals surface area contributed by atoms with Gasteiger partial charge in [-0.3, -0.25) is 4.90 Å². The molecule has 0 aromatic heterocycles. The lowest BCUT2D eigenvalue weighted by Gasteiger charge is -2.33. The quantitative estimate of drug-likeness (QED) is 0.917. The maximum Gasteiger partial charge on any atom is 0.0136 e. The number of hydrogen-bond donors (Lipinski definition) is 1. The van der Waals surface area contributed by atoms with Gasteiger partial charge in [-0.05, 0) is 56.7 Å². The first kappa shape index (κ1) is 16.8. The maximum absolute atomic E-state index is 3.53. The van der Waals surface area contributed by atoms with Gasteiger partial charge in [-0.15, -0.1) is 12.4 Å². The molecule has 0 spiro atoms. The number of aryl methyl sites for hydroxylation is 1. The minimum absolute atomic E-state index is 0. The van der Waals surface area contributed by atoms with Gasteiger partial charge in [0.05, 0.1) is 0 Å². The summed E-state index contributed by atoms with van der Waals surface area (Å²) in [5.41, 5.74) is 3.36. The first-order chi connectivity index (χ1) is 9.65. The van der Waals surface area contributed by atoms with E-state index in [2.05, 4.69) is 48.3 Å². The van der Waals surface area contributed by atoms with Gasteiger partial charge in [-0.2, -0.15) is 0 Å². The van der Waals surface area contributed by atoms with E-state index in [0.29, 0.717) is 5.41 Å². The highest BCUT2D eigenvalue weighted by Crippen LogP contribution is 2.30. The van der Waals surface area contributed by atoms with Gasteiger partial charge in [0, 0.05) is 19.1 Å². The normalized spacial score (nSPS) is 29.5. The van der Waals surface area contributed by atoms with Crippen LogP contribution in [-0.4, -0.2) is 37.1 Å². The van der Waals surface area contributed by atoms with Gasteiger partial charge < -0.3 is 5.32 Å². The number of rotatable bonds is 4. The Kier molecular flexibility index (Phi) is 5.70. The van der Waals surface area contributed by atoms with Crippen molar-refractivity contribution in [2.75, 3.05) is 26.2 Å². The second-order valence-corrected chi connectivity index (χ2v) is 7.19. The lowest BCUT2D eigenvalue weighted by atomic mass is 9.88. The summed E-state index contributed by atoms with van der Waals surface area (Å²) in [5.74, 6) is 0. The number of likely N-dealkylation sites (tertiary alicyclic amines) is 1. The zero-order valence-corrected chi connectivity index (χ0v) is 14.2. The van der Waals surface area contributed by atoms with Crippen LogP contribution in [0, 0.1) is 12.3 Å². The number of nitrogens with zero attached hydrogens (tertiary/aromatic N) is 1. The van der Waals surface area contributed by atoms with Crippen LogP contribution in [0.3, 0.4) is 0 Å². The van der Waals surface area contributed by atoms with Crippen molar-refractivity contribution in [2.24, 2.45) is 5.41 Å². The molecule has 118 valence electrons. The van der Waals surface area contributed by atoms with E-state index in [0.717, 1.165) is 6.04 Å². The predicted molar refractivity (Wildman–Crippen MR) is 92.3 cm³/mol. The third-order valence-corrected chi connectivity index (χ3v) is 5.13. The summed E-state index contributed by atoms with van der Waals surface area (Å²) in [6.07, 6.45) is 5.31. The SMILES string of the molecule is Cc1ccc(CC2CCCN2CC2(C)CCNC2)cc1.Cl. The largest absolute Gasteiger partial charge is 0.316 e. The predicted octanol–water partition coefficient (Wildman–Crippen LogP) is 3.42. The Labute approximate surface area is 135 Å². The van der Waals surface area contributed by atoms with Crippen LogP contribution < -0.4 is 5.32 Å². The average molecular weight is 309 g/mol. The number of halogens is 1. The second kappa shape index (κ2) is 7.13. The molecule has 2 unspecified atom stereocenters. The molecule has 3 heteroatoms. The molecule has 2 aliphatic rings. The minimum atomic E-state index is 0. The van der Waals surface area contributed by atoms with Gasteiger partial charge in [0.1, 0.15) is 0 Å². The molecular formula is C18H29ClN2. The second-order valence-electron chi connectivity index (χ2n) is 7.19. The van der Waals surface area contributed by atoms with Gasteiger partial charge in [-0.25, -0.2) is 0 Å². The number of nitrogens with one attached hydrogen (secondary N) is 1. The van der Waals surface area contributed by atoms with Crippen molar-refractivity contribution in [3.63, 3.8) is 0 Å². The topological polar surface area (TPSA) is 15.3 Å². The molecular weight excluding hydrogens is 280 g/mol. The van der Waals surface area contributed by atoms with Crippen LogP contribution in [0.5, 0.6) is 0 Å². The van der Waals surface area contributed by atoms with E-state index in [9.17, 15) is 0 Å². The Morgan fingerprint density at radius 2 is 2.05 bits per heavy atom. The van der Waals surface area contributed by atoms with E-state index in [1.54, 1.807) is 0 Å². The van der Waals surface area contributed by atoms with Crippen molar-refractivity contribution in [1.29, 1.82) is 0 Å². The molecule has 0 aliphatic carbocycles. The highest BCUT2D eigenvalue weighted by molar-refractivity contribution is 5.85. The molecule has 2 fully saturated rings. The van der Waals surface area contributed by atoms with Crippen LogP contribution >= 0.6 is 12.4 Å². The first-order valence-electron chi connectivity index (χ1n) is 8.15. The molecule has 1 aromatic rings. The molecule has 0 bridgehead atoms. The minimum Gasteiger partial charge on any atom is -0.316 e. The zero-order valence-electron chi connectivity index (χ0n) is 13.4. The van der Waals surface area contributed by atoms with Crippen molar-refractivity contribution < 1.29 is 0 Å². The highest BCUT2D eigenvalue weighted by Gasteiger charge is 2.34. The van der Waals surface area contributed by atoms with E-state index in [1.807, 2.05) is 0 Å². The molecule has 2 nitrogen and oxygen atoms in total. The third kappa shape index (κ3) is 4.21. The van der Waals surface area contributed by atoms with E-state index >= 15 is 0 Å². The average Bonchev–Trinajstić information content (AvgIpc) is 3.03. The lowest BCUT2D eigenvalue weighted by Crippen LogP contribution is -2.40. The standard InChI is InChI=1S/C18H28N2.ClH/c1-15-5-7-16(8-6-15)12-17-4-3-11-20(17)14-18(2)9-10-19-13-18;/h5-8,17,19H,3-4,9-14H2,1-2H3;1H. The summed E-state index contributed by atoms with van der Waals surface area (Å²) in [5, 5.41) is 3.53. The van der Waals surface area contributed by atoms with Crippen molar-refractivity contribution >= 4 is 12.4 Å². The summed E-state index contributed by atoms with van der Waals surface area (Å²) in [4.78, 5) is 2.76.